The molecule has 158 valence electrons. The van der Waals surface area contributed by atoms with Crippen LogP contribution in [0.4, 0.5) is 0 Å². The van der Waals surface area contributed by atoms with Crippen molar-refractivity contribution in [1.29, 1.82) is 0 Å². The number of methoxy groups -OCH3 is 1. The molecule has 1 heterocycles. The number of hydrogen-bond donors (Lipinski definition) is 2. The molecule has 8 atom stereocenters. The number of rotatable bonds is 2. The van der Waals surface area contributed by atoms with Crippen molar-refractivity contribution in [3.63, 3.8) is 0 Å². The lowest BCUT2D eigenvalue weighted by atomic mass is 9.48. The van der Waals surface area contributed by atoms with Crippen molar-refractivity contribution >= 4 is 5.91 Å². The Kier molecular flexibility index (Phi) is 4.98. The average molecular weight is 389 g/mol. The van der Waals surface area contributed by atoms with Gasteiger partial charge in [0, 0.05) is 30.0 Å². The van der Waals surface area contributed by atoms with Gasteiger partial charge in [0.05, 0.1) is 0 Å². The normalized spacial score (nSPS) is 47.8. The molecule has 4 heteroatoms. The summed E-state index contributed by atoms with van der Waals surface area (Å²) < 4.78 is 5.54. The van der Waals surface area contributed by atoms with Crippen LogP contribution in [-0.2, 0) is 9.53 Å². The van der Waals surface area contributed by atoms with Crippen molar-refractivity contribution in [2.24, 2.45) is 34.5 Å². The maximum atomic E-state index is 13.1. The second kappa shape index (κ2) is 6.84. The van der Waals surface area contributed by atoms with Gasteiger partial charge in [0.1, 0.15) is 6.23 Å². The lowest BCUT2D eigenvalue weighted by Crippen LogP contribution is -2.60. The molecule has 4 nitrogen and oxygen atoms in total. The van der Waals surface area contributed by atoms with Gasteiger partial charge in [-0.1, -0.05) is 19.9 Å². The van der Waals surface area contributed by atoms with Crippen molar-refractivity contribution in [2.75, 3.05) is 7.11 Å². The fourth-order valence-corrected chi connectivity index (χ4v) is 7.48. The Hall–Kier alpha value is -0.870. The fourth-order valence-electron chi connectivity index (χ4n) is 7.48. The third-order valence-corrected chi connectivity index (χ3v) is 8.84. The van der Waals surface area contributed by atoms with E-state index in [4.69, 9.17) is 4.74 Å². The Balaban J connectivity index is 1.56. The van der Waals surface area contributed by atoms with E-state index in [2.05, 4.69) is 57.4 Å². The number of amides is 1. The summed E-state index contributed by atoms with van der Waals surface area (Å²) in [7, 11) is 1.78. The highest BCUT2D eigenvalue weighted by Gasteiger charge is 2.60. The standard InChI is InChI=1S/C24H40N2O2/c1-22(2,3)26-21(27)18-9-8-16-15-7-10-19-24(5,14-12-20(25-19)28-6)17(15)11-13-23(16,18)4/h12,14-20,25H,7-11,13H2,1-6H3,(H,26,27). The number of carbonyl (C=O) groups excluding carboxylic acids is 1. The molecule has 0 radical (unpaired) electrons. The quantitative estimate of drug-likeness (QED) is 0.695. The molecule has 0 spiro atoms. The van der Waals surface area contributed by atoms with Gasteiger partial charge in [-0.3, -0.25) is 10.1 Å². The molecule has 28 heavy (non-hydrogen) atoms. The van der Waals surface area contributed by atoms with Gasteiger partial charge in [-0.05, 0) is 88.5 Å². The summed E-state index contributed by atoms with van der Waals surface area (Å²) in [4.78, 5) is 13.1. The van der Waals surface area contributed by atoms with Gasteiger partial charge >= 0.3 is 0 Å². The summed E-state index contributed by atoms with van der Waals surface area (Å²) in [6.45, 7) is 11.2. The van der Waals surface area contributed by atoms with Crippen LogP contribution >= 0.6 is 0 Å². The van der Waals surface area contributed by atoms with Crippen molar-refractivity contribution < 1.29 is 9.53 Å². The van der Waals surface area contributed by atoms with Crippen LogP contribution < -0.4 is 10.6 Å². The summed E-state index contributed by atoms with van der Waals surface area (Å²) in [5, 5.41) is 7.01. The summed E-state index contributed by atoms with van der Waals surface area (Å²) >= 11 is 0. The van der Waals surface area contributed by atoms with E-state index in [0.717, 1.165) is 18.3 Å². The third kappa shape index (κ3) is 3.15. The molecule has 0 bridgehead atoms. The van der Waals surface area contributed by atoms with Gasteiger partial charge in [-0.15, -0.1) is 0 Å². The minimum Gasteiger partial charge on any atom is -0.363 e. The van der Waals surface area contributed by atoms with E-state index in [0.29, 0.717) is 12.0 Å². The van der Waals surface area contributed by atoms with Crippen LogP contribution in [0.3, 0.4) is 0 Å². The number of carbonyl (C=O) groups is 1. The number of ether oxygens (including phenoxy) is 1. The second-order valence-electron chi connectivity index (χ2n) is 11.5. The van der Waals surface area contributed by atoms with Crippen molar-refractivity contribution in [3.05, 3.63) is 12.2 Å². The minimum atomic E-state index is -0.148. The topological polar surface area (TPSA) is 50.4 Å². The predicted molar refractivity (Wildman–Crippen MR) is 113 cm³/mol. The molecule has 3 fully saturated rings. The van der Waals surface area contributed by atoms with E-state index >= 15 is 0 Å². The molecular weight excluding hydrogens is 348 g/mol. The zero-order valence-electron chi connectivity index (χ0n) is 18.7. The molecule has 3 aliphatic carbocycles. The highest BCUT2D eigenvalue weighted by molar-refractivity contribution is 5.80. The first-order chi connectivity index (χ1) is 13.1. The van der Waals surface area contributed by atoms with Crippen molar-refractivity contribution in [2.45, 2.75) is 91.0 Å². The average Bonchev–Trinajstić information content (AvgIpc) is 2.97. The second-order valence-corrected chi connectivity index (χ2v) is 11.5. The molecule has 4 aliphatic rings. The van der Waals surface area contributed by atoms with E-state index in [1.807, 2.05) is 0 Å². The SMILES string of the molecule is COC1C=CC2(C)C(CCC3C2CCC2(C)C(C(=O)NC(C)(C)C)CCC32)N1. The Morgan fingerprint density at radius 2 is 1.86 bits per heavy atom. The maximum Gasteiger partial charge on any atom is 0.224 e. The number of fused-ring (bicyclic) bond motifs is 5. The Labute approximate surface area is 171 Å². The Bertz CT molecular complexity index is 653. The molecular formula is C24H40N2O2. The zero-order chi connectivity index (χ0) is 20.3. The van der Waals surface area contributed by atoms with Crippen LogP contribution in [-0.4, -0.2) is 30.8 Å². The predicted octanol–water partition coefficient (Wildman–Crippen LogP) is 4.26. The molecule has 8 unspecified atom stereocenters. The smallest absolute Gasteiger partial charge is 0.224 e. The molecule has 1 amide bonds. The zero-order valence-corrected chi connectivity index (χ0v) is 18.7. The first kappa shape index (κ1) is 20.4. The molecule has 3 saturated carbocycles. The Morgan fingerprint density at radius 1 is 1.11 bits per heavy atom. The monoisotopic (exact) mass is 388 g/mol. The van der Waals surface area contributed by atoms with E-state index in [-0.39, 0.29) is 34.4 Å². The highest BCUT2D eigenvalue weighted by atomic mass is 16.5. The molecule has 2 N–H and O–H groups in total. The van der Waals surface area contributed by atoms with Crippen LogP contribution in [0.2, 0.25) is 0 Å². The van der Waals surface area contributed by atoms with E-state index in [9.17, 15) is 4.79 Å². The van der Waals surface area contributed by atoms with E-state index < -0.39 is 0 Å². The van der Waals surface area contributed by atoms with Gasteiger partial charge in [-0.2, -0.15) is 0 Å². The van der Waals surface area contributed by atoms with E-state index in [1.54, 1.807) is 7.11 Å². The van der Waals surface area contributed by atoms with Gasteiger partial charge in [0.15, 0.2) is 0 Å². The number of hydrogen-bond acceptors (Lipinski definition) is 3. The Morgan fingerprint density at radius 3 is 2.54 bits per heavy atom. The van der Waals surface area contributed by atoms with Gasteiger partial charge < -0.3 is 10.1 Å². The first-order valence-corrected chi connectivity index (χ1v) is 11.4. The maximum absolute atomic E-state index is 13.1. The summed E-state index contributed by atoms with van der Waals surface area (Å²) in [5.74, 6) is 2.63. The van der Waals surface area contributed by atoms with Gasteiger partial charge in [0.2, 0.25) is 5.91 Å². The fraction of sp³-hybridized carbons (Fsp3) is 0.875. The lowest BCUT2D eigenvalue weighted by molar-refractivity contribution is -0.134. The van der Waals surface area contributed by atoms with Crippen LogP contribution in [0.1, 0.15) is 73.1 Å². The van der Waals surface area contributed by atoms with Crippen molar-refractivity contribution in [1.82, 2.24) is 10.6 Å². The minimum absolute atomic E-state index is 0.0560. The van der Waals surface area contributed by atoms with Crippen LogP contribution in [0.5, 0.6) is 0 Å². The largest absolute Gasteiger partial charge is 0.363 e. The molecule has 4 rings (SSSR count). The first-order valence-electron chi connectivity index (χ1n) is 11.4. The summed E-state index contributed by atoms with van der Waals surface area (Å²) in [6.07, 6.45) is 12.0. The summed E-state index contributed by atoms with van der Waals surface area (Å²) in [6, 6.07) is 0.509. The summed E-state index contributed by atoms with van der Waals surface area (Å²) in [5.41, 5.74) is 0.232. The van der Waals surface area contributed by atoms with Crippen LogP contribution in [0.15, 0.2) is 12.2 Å². The highest BCUT2D eigenvalue weighted by Crippen LogP contribution is 2.65. The van der Waals surface area contributed by atoms with Gasteiger partial charge in [0.25, 0.3) is 0 Å². The molecule has 1 aliphatic heterocycles. The number of nitrogens with one attached hydrogen (secondary N) is 2. The molecule has 0 aromatic carbocycles. The third-order valence-electron chi connectivity index (χ3n) is 8.84. The van der Waals surface area contributed by atoms with Crippen LogP contribution in [0, 0.1) is 34.5 Å². The lowest BCUT2D eigenvalue weighted by Gasteiger charge is -2.59. The molecule has 0 aromatic heterocycles. The van der Waals surface area contributed by atoms with Gasteiger partial charge in [-0.25, -0.2) is 0 Å². The van der Waals surface area contributed by atoms with Crippen LogP contribution in [0.25, 0.3) is 0 Å². The van der Waals surface area contributed by atoms with Crippen molar-refractivity contribution in [3.8, 4) is 0 Å². The molecule has 0 aromatic rings. The molecule has 0 saturated heterocycles. The van der Waals surface area contributed by atoms with E-state index in [1.165, 1.54) is 32.1 Å².